The minimum Gasteiger partial charge on any atom is -0.354 e. The molecule has 1 aromatic rings. The molecule has 112 valence electrons. The molecule has 2 heterocycles. The van der Waals surface area contributed by atoms with E-state index in [1.807, 2.05) is 13.8 Å². The van der Waals surface area contributed by atoms with Gasteiger partial charge in [0, 0.05) is 13.1 Å². The number of anilines is 1. The Hall–Kier alpha value is -0.830. The van der Waals surface area contributed by atoms with E-state index in [1.165, 1.54) is 19.3 Å². The highest BCUT2D eigenvalue weighted by Gasteiger charge is 2.28. The van der Waals surface area contributed by atoms with Gasteiger partial charge in [-0.1, -0.05) is 32.4 Å². The number of rotatable bonds is 1. The summed E-state index contributed by atoms with van der Waals surface area (Å²) in [5.41, 5.74) is 2.27. The predicted octanol–water partition coefficient (Wildman–Crippen LogP) is 4.40. The van der Waals surface area contributed by atoms with Crippen molar-refractivity contribution in [2.24, 2.45) is 11.3 Å². The molecule has 0 spiro atoms. The van der Waals surface area contributed by atoms with E-state index >= 15 is 0 Å². The predicted molar refractivity (Wildman–Crippen MR) is 85.5 cm³/mol. The lowest BCUT2D eigenvalue weighted by Crippen LogP contribution is -2.27. The van der Waals surface area contributed by atoms with Crippen molar-refractivity contribution in [3.63, 3.8) is 0 Å². The fraction of sp³-hybridized carbons (Fsp3) is 0.750. The van der Waals surface area contributed by atoms with E-state index in [-0.39, 0.29) is 0 Å². The normalized spacial score (nSPS) is 20.9. The van der Waals surface area contributed by atoms with Gasteiger partial charge in [0.2, 0.25) is 0 Å². The Kier molecular flexibility index (Phi) is 4.58. The van der Waals surface area contributed by atoms with E-state index in [0.717, 1.165) is 36.2 Å². The number of aromatic nitrogens is 2. The van der Waals surface area contributed by atoms with Crippen LogP contribution in [0.15, 0.2) is 0 Å². The molecule has 1 aliphatic rings. The van der Waals surface area contributed by atoms with Gasteiger partial charge < -0.3 is 4.90 Å². The molecular formula is C16H26ClN3. The summed E-state index contributed by atoms with van der Waals surface area (Å²) in [6, 6.07) is 0. The van der Waals surface area contributed by atoms with Gasteiger partial charge in [-0.15, -0.1) is 0 Å². The average molecular weight is 296 g/mol. The van der Waals surface area contributed by atoms with Crippen molar-refractivity contribution in [3.05, 3.63) is 16.5 Å². The van der Waals surface area contributed by atoms with Gasteiger partial charge in [-0.2, -0.15) is 0 Å². The first-order chi connectivity index (χ1) is 9.29. The zero-order valence-corrected chi connectivity index (χ0v) is 14.1. The molecular weight excluding hydrogens is 270 g/mol. The molecule has 4 heteroatoms. The van der Waals surface area contributed by atoms with Crippen LogP contribution in [-0.4, -0.2) is 23.1 Å². The second-order valence-electron chi connectivity index (χ2n) is 6.99. The van der Waals surface area contributed by atoms with Gasteiger partial charge in [0.25, 0.3) is 0 Å². The molecule has 0 saturated carbocycles. The van der Waals surface area contributed by atoms with E-state index < -0.39 is 0 Å². The molecule has 0 aliphatic carbocycles. The SMILES string of the molecule is Cc1nc(Cl)c(N2CCCC(C(C)(C)C)CC2)nc1C. The minimum atomic E-state index is 0.384. The molecule has 1 saturated heterocycles. The molecule has 0 N–H and O–H groups in total. The Labute approximate surface area is 127 Å². The molecule has 2 rings (SSSR count). The number of aryl methyl sites for hydroxylation is 2. The molecule has 1 aliphatic heterocycles. The Morgan fingerprint density at radius 3 is 2.35 bits per heavy atom. The summed E-state index contributed by atoms with van der Waals surface area (Å²) in [7, 11) is 0. The van der Waals surface area contributed by atoms with Crippen LogP contribution < -0.4 is 4.90 Å². The minimum absolute atomic E-state index is 0.384. The van der Waals surface area contributed by atoms with Crippen molar-refractivity contribution >= 4 is 17.4 Å². The number of hydrogen-bond acceptors (Lipinski definition) is 3. The Bertz CT molecular complexity index is 479. The average Bonchev–Trinajstić information content (AvgIpc) is 2.59. The van der Waals surface area contributed by atoms with Crippen molar-refractivity contribution < 1.29 is 0 Å². The molecule has 0 bridgehead atoms. The van der Waals surface area contributed by atoms with Crippen LogP contribution in [0.5, 0.6) is 0 Å². The van der Waals surface area contributed by atoms with E-state index in [9.17, 15) is 0 Å². The van der Waals surface area contributed by atoms with Crippen LogP contribution in [0.1, 0.15) is 51.4 Å². The maximum absolute atomic E-state index is 6.30. The lowest BCUT2D eigenvalue weighted by Gasteiger charge is -2.30. The third kappa shape index (κ3) is 3.43. The van der Waals surface area contributed by atoms with Gasteiger partial charge >= 0.3 is 0 Å². The van der Waals surface area contributed by atoms with Crippen LogP contribution >= 0.6 is 11.6 Å². The first-order valence-corrected chi connectivity index (χ1v) is 7.92. The first kappa shape index (κ1) is 15.6. The smallest absolute Gasteiger partial charge is 0.171 e. The van der Waals surface area contributed by atoms with Crippen molar-refractivity contribution in [2.45, 2.75) is 53.9 Å². The van der Waals surface area contributed by atoms with Crippen LogP contribution in [0.4, 0.5) is 5.82 Å². The summed E-state index contributed by atoms with van der Waals surface area (Å²) < 4.78 is 0. The van der Waals surface area contributed by atoms with Gasteiger partial charge in [0.05, 0.1) is 11.4 Å². The third-order valence-corrected chi connectivity index (χ3v) is 4.75. The summed E-state index contributed by atoms with van der Waals surface area (Å²) in [6.07, 6.45) is 3.69. The zero-order chi connectivity index (χ0) is 14.9. The highest BCUT2D eigenvalue weighted by molar-refractivity contribution is 6.31. The number of hydrogen-bond donors (Lipinski definition) is 0. The molecule has 1 unspecified atom stereocenters. The maximum atomic E-state index is 6.30. The quantitative estimate of drug-likeness (QED) is 0.769. The van der Waals surface area contributed by atoms with Crippen molar-refractivity contribution in [1.29, 1.82) is 0 Å². The molecule has 0 radical (unpaired) electrons. The van der Waals surface area contributed by atoms with Gasteiger partial charge in [-0.3, -0.25) is 0 Å². The lowest BCUT2D eigenvalue weighted by atomic mass is 9.77. The van der Waals surface area contributed by atoms with Crippen molar-refractivity contribution in [3.8, 4) is 0 Å². The van der Waals surface area contributed by atoms with Gasteiger partial charge in [0.15, 0.2) is 11.0 Å². The van der Waals surface area contributed by atoms with E-state index in [4.69, 9.17) is 11.6 Å². The Balaban J connectivity index is 2.17. The van der Waals surface area contributed by atoms with Gasteiger partial charge in [0.1, 0.15) is 0 Å². The summed E-state index contributed by atoms with van der Waals surface area (Å²) in [4.78, 5) is 11.4. The highest BCUT2D eigenvalue weighted by Crippen LogP contribution is 2.35. The number of nitrogens with zero attached hydrogens (tertiary/aromatic N) is 3. The topological polar surface area (TPSA) is 29.0 Å². The molecule has 20 heavy (non-hydrogen) atoms. The first-order valence-electron chi connectivity index (χ1n) is 7.54. The molecule has 0 amide bonds. The Morgan fingerprint density at radius 1 is 1.05 bits per heavy atom. The number of halogens is 1. The molecule has 1 atom stereocenters. The van der Waals surface area contributed by atoms with E-state index in [1.54, 1.807) is 0 Å². The van der Waals surface area contributed by atoms with Gasteiger partial charge in [-0.05, 0) is 44.4 Å². The third-order valence-electron chi connectivity index (χ3n) is 4.50. The van der Waals surface area contributed by atoms with Crippen LogP contribution in [0.25, 0.3) is 0 Å². The van der Waals surface area contributed by atoms with Gasteiger partial charge in [-0.25, -0.2) is 9.97 Å². The maximum Gasteiger partial charge on any atom is 0.171 e. The highest BCUT2D eigenvalue weighted by atomic mass is 35.5. The van der Waals surface area contributed by atoms with E-state index in [0.29, 0.717) is 10.6 Å². The summed E-state index contributed by atoms with van der Waals surface area (Å²) in [5, 5.41) is 0.544. The fourth-order valence-corrected chi connectivity index (χ4v) is 3.23. The molecule has 3 nitrogen and oxygen atoms in total. The summed E-state index contributed by atoms with van der Waals surface area (Å²) in [5.74, 6) is 1.63. The van der Waals surface area contributed by atoms with Crippen LogP contribution in [0.2, 0.25) is 5.15 Å². The molecule has 1 aromatic heterocycles. The molecule has 1 fully saturated rings. The van der Waals surface area contributed by atoms with Crippen LogP contribution in [0, 0.1) is 25.2 Å². The summed E-state index contributed by atoms with van der Waals surface area (Å²) in [6.45, 7) is 13.0. The second-order valence-corrected chi connectivity index (χ2v) is 7.35. The molecule has 0 aromatic carbocycles. The second kappa shape index (κ2) is 5.88. The van der Waals surface area contributed by atoms with E-state index in [2.05, 4.69) is 35.6 Å². The fourth-order valence-electron chi connectivity index (χ4n) is 2.94. The monoisotopic (exact) mass is 295 g/mol. The lowest BCUT2D eigenvalue weighted by molar-refractivity contribution is 0.220. The zero-order valence-electron chi connectivity index (χ0n) is 13.3. The van der Waals surface area contributed by atoms with Crippen LogP contribution in [-0.2, 0) is 0 Å². The van der Waals surface area contributed by atoms with Crippen LogP contribution in [0.3, 0.4) is 0 Å². The van der Waals surface area contributed by atoms with Crippen molar-refractivity contribution in [2.75, 3.05) is 18.0 Å². The largest absolute Gasteiger partial charge is 0.354 e. The standard InChI is InChI=1S/C16H26ClN3/c1-11-12(2)19-15(14(17)18-11)20-9-6-7-13(8-10-20)16(3,4)5/h13H,6-10H2,1-5H3. The Morgan fingerprint density at radius 2 is 1.70 bits per heavy atom. The van der Waals surface area contributed by atoms with Crippen molar-refractivity contribution in [1.82, 2.24) is 9.97 Å². The summed E-state index contributed by atoms with van der Waals surface area (Å²) >= 11 is 6.30.